The fourth-order valence-electron chi connectivity index (χ4n) is 1.81. The Bertz CT molecular complexity index is 424. The lowest BCUT2D eigenvalue weighted by Gasteiger charge is -2.13. The molecule has 0 aromatic heterocycles. The first-order valence-electron chi connectivity index (χ1n) is 5.63. The zero-order chi connectivity index (χ0) is 12.3. The molecule has 1 aromatic carbocycles. The SMILES string of the molecule is CCOC(=S)SC(=O)C1(c2ccccc2)CC1. The predicted molar refractivity (Wildman–Crippen MR) is 74.2 cm³/mol. The van der Waals surface area contributed by atoms with Crippen LogP contribution in [0.25, 0.3) is 0 Å². The van der Waals surface area contributed by atoms with E-state index in [1.54, 1.807) is 0 Å². The molecule has 17 heavy (non-hydrogen) atoms. The van der Waals surface area contributed by atoms with Gasteiger partial charge in [-0.15, -0.1) is 0 Å². The summed E-state index contributed by atoms with van der Waals surface area (Å²) in [6.45, 7) is 2.37. The van der Waals surface area contributed by atoms with Crippen molar-refractivity contribution in [3.63, 3.8) is 0 Å². The second-order valence-electron chi connectivity index (χ2n) is 4.02. The van der Waals surface area contributed by atoms with E-state index < -0.39 is 0 Å². The lowest BCUT2D eigenvalue weighted by Crippen LogP contribution is -2.19. The fraction of sp³-hybridized carbons (Fsp3) is 0.385. The van der Waals surface area contributed by atoms with E-state index in [0.29, 0.717) is 11.0 Å². The molecule has 0 radical (unpaired) electrons. The summed E-state index contributed by atoms with van der Waals surface area (Å²) in [6, 6.07) is 9.91. The Labute approximate surface area is 111 Å². The zero-order valence-corrected chi connectivity index (χ0v) is 11.3. The predicted octanol–water partition coefficient (Wildman–Crippen LogP) is 3.30. The molecule has 1 aromatic rings. The van der Waals surface area contributed by atoms with Gasteiger partial charge in [-0.05, 0) is 49.3 Å². The van der Waals surface area contributed by atoms with Crippen molar-refractivity contribution in [2.75, 3.05) is 6.61 Å². The molecule has 2 nitrogen and oxygen atoms in total. The summed E-state index contributed by atoms with van der Waals surface area (Å²) >= 11 is 6.05. The van der Waals surface area contributed by atoms with Crippen LogP contribution in [0.5, 0.6) is 0 Å². The smallest absolute Gasteiger partial charge is 0.227 e. The van der Waals surface area contributed by atoms with Gasteiger partial charge >= 0.3 is 0 Å². The van der Waals surface area contributed by atoms with E-state index in [2.05, 4.69) is 0 Å². The van der Waals surface area contributed by atoms with Gasteiger partial charge in [-0.1, -0.05) is 30.3 Å². The van der Waals surface area contributed by atoms with Crippen molar-refractivity contribution in [1.82, 2.24) is 0 Å². The second kappa shape index (κ2) is 5.19. The van der Waals surface area contributed by atoms with Crippen LogP contribution in [0.4, 0.5) is 0 Å². The first kappa shape index (κ1) is 12.6. The summed E-state index contributed by atoms with van der Waals surface area (Å²) in [5, 5.41) is 0.113. The third-order valence-electron chi connectivity index (χ3n) is 2.91. The summed E-state index contributed by atoms with van der Waals surface area (Å²) in [4.78, 5) is 12.2. The minimum Gasteiger partial charge on any atom is -0.479 e. The summed E-state index contributed by atoms with van der Waals surface area (Å²) in [5.74, 6) is 0. The van der Waals surface area contributed by atoms with Crippen LogP contribution >= 0.6 is 24.0 Å². The van der Waals surface area contributed by atoms with Gasteiger partial charge in [0.2, 0.25) is 9.50 Å². The van der Waals surface area contributed by atoms with E-state index >= 15 is 0 Å². The number of carbonyl (C=O) groups is 1. The minimum absolute atomic E-state index is 0.113. The third kappa shape index (κ3) is 2.69. The van der Waals surface area contributed by atoms with E-state index in [1.165, 1.54) is 0 Å². The van der Waals surface area contributed by atoms with E-state index in [9.17, 15) is 4.79 Å². The molecule has 0 atom stereocenters. The van der Waals surface area contributed by atoms with Crippen LogP contribution in [0, 0.1) is 0 Å². The molecule has 1 aliphatic rings. The van der Waals surface area contributed by atoms with Gasteiger partial charge in [0.05, 0.1) is 12.0 Å². The van der Waals surface area contributed by atoms with Crippen LogP contribution in [-0.2, 0) is 14.9 Å². The third-order valence-corrected chi connectivity index (χ3v) is 4.13. The highest BCUT2D eigenvalue weighted by atomic mass is 32.2. The number of hydrogen-bond acceptors (Lipinski definition) is 4. The number of thioether (sulfide) groups is 1. The Kier molecular flexibility index (Phi) is 3.84. The fourth-order valence-corrected chi connectivity index (χ4v) is 3.00. The molecule has 4 heteroatoms. The Hall–Kier alpha value is -0.870. The van der Waals surface area contributed by atoms with Gasteiger partial charge in [0.15, 0.2) is 0 Å². The van der Waals surface area contributed by atoms with E-state index in [4.69, 9.17) is 17.0 Å². The van der Waals surface area contributed by atoms with Crippen LogP contribution in [0.1, 0.15) is 25.3 Å². The topological polar surface area (TPSA) is 26.3 Å². The molecule has 0 unspecified atom stereocenters. The van der Waals surface area contributed by atoms with Crippen LogP contribution < -0.4 is 0 Å². The van der Waals surface area contributed by atoms with Crippen LogP contribution in [0.3, 0.4) is 0 Å². The number of carbonyl (C=O) groups excluding carboxylic acids is 1. The van der Waals surface area contributed by atoms with Gasteiger partial charge in [-0.25, -0.2) is 0 Å². The lowest BCUT2D eigenvalue weighted by atomic mass is 9.98. The Morgan fingerprint density at radius 3 is 2.59 bits per heavy atom. The van der Waals surface area contributed by atoms with Crippen LogP contribution in [0.15, 0.2) is 30.3 Å². The number of hydrogen-bond donors (Lipinski definition) is 0. The molecular formula is C13H14O2S2. The molecule has 0 N–H and O–H groups in total. The highest BCUT2D eigenvalue weighted by Crippen LogP contribution is 2.51. The average Bonchev–Trinajstić information content (AvgIpc) is 3.11. The largest absolute Gasteiger partial charge is 0.479 e. The maximum absolute atomic E-state index is 12.2. The van der Waals surface area contributed by atoms with Crippen molar-refractivity contribution >= 4 is 33.5 Å². The Morgan fingerprint density at radius 2 is 2.06 bits per heavy atom. The number of ether oxygens (including phenoxy) is 1. The molecule has 1 aliphatic carbocycles. The van der Waals surface area contributed by atoms with Gasteiger partial charge in [0, 0.05) is 0 Å². The molecule has 1 saturated carbocycles. The Balaban J connectivity index is 2.07. The molecule has 0 spiro atoms. The minimum atomic E-state index is -0.312. The average molecular weight is 266 g/mol. The zero-order valence-electron chi connectivity index (χ0n) is 9.64. The summed E-state index contributed by atoms with van der Waals surface area (Å²) in [7, 11) is 0. The molecule has 90 valence electrons. The highest BCUT2D eigenvalue weighted by molar-refractivity contribution is 8.32. The molecule has 0 saturated heterocycles. The van der Waals surface area contributed by atoms with Gasteiger partial charge in [0.1, 0.15) is 0 Å². The van der Waals surface area contributed by atoms with Crippen molar-refractivity contribution in [3.8, 4) is 0 Å². The molecule has 0 aliphatic heterocycles. The molecule has 0 bridgehead atoms. The van der Waals surface area contributed by atoms with Crippen molar-refractivity contribution < 1.29 is 9.53 Å². The number of rotatable bonds is 3. The standard InChI is InChI=1S/C13H14O2S2/c1-2-15-12(16)17-11(14)13(8-9-13)10-6-4-3-5-7-10/h3-7H,2,8-9H2,1H3. The van der Waals surface area contributed by atoms with Gasteiger partial charge in [0.25, 0.3) is 0 Å². The van der Waals surface area contributed by atoms with Crippen molar-refractivity contribution in [2.24, 2.45) is 0 Å². The normalized spacial score (nSPS) is 16.3. The lowest BCUT2D eigenvalue weighted by molar-refractivity contribution is -0.113. The molecule has 2 rings (SSSR count). The first-order valence-corrected chi connectivity index (χ1v) is 6.86. The van der Waals surface area contributed by atoms with Crippen molar-refractivity contribution in [3.05, 3.63) is 35.9 Å². The summed E-state index contributed by atoms with van der Waals surface area (Å²) in [5.41, 5.74) is 0.782. The van der Waals surface area contributed by atoms with Gasteiger partial charge in [-0.2, -0.15) is 0 Å². The van der Waals surface area contributed by atoms with Crippen LogP contribution in [0.2, 0.25) is 0 Å². The van der Waals surface area contributed by atoms with Crippen molar-refractivity contribution in [1.29, 1.82) is 0 Å². The van der Waals surface area contributed by atoms with Crippen LogP contribution in [-0.4, -0.2) is 16.1 Å². The van der Waals surface area contributed by atoms with Gasteiger partial charge in [-0.3, -0.25) is 4.79 Å². The van der Waals surface area contributed by atoms with Gasteiger partial charge < -0.3 is 4.74 Å². The molecular weight excluding hydrogens is 252 g/mol. The quantitative estimate of drug-likeness (QED) is 0.784. The summed E-state index contributed by atoms with van der Waals surface area (Å²) in [6.07, 6.45) is 1.83. The van der Waals surface area contributed by atoms with E-state index in [-0.39, 0.29) is 10.5 Å². The number of benzene rings is 1. The van der Waals surface area contributed by atoms with E-state index in [1.807, 2.05) is 37.3 Å². The van der Waals surface area contributed by atoms with E-state index in [0.717, 1.165) is 30.2 Å². The number of thiocarbonyl (C=S) groups is 1. The van der Waals surface area contributed by atoms with Crippen molar-refractivity contribution in [2.45, 2.75) is 25.2 Å². The molecule has 0 amide bonds. The molecule has 1 fully saturated rings. The molecule has 0 heterocycles. The summed E-state index contributed by atoms with van der Waals surface area (Å²) < 4.78 is 5.48. The second-order valence-corrected chi connectivity index (χ2v) is 5.60. The monoisotopic (exact) mass is 266 g/mol. The maximum Gasteiger partial charge on any atom is 0.227 e. The maximum atomic E-state index is 12.2. The highest BCUT2D eigenvalue weighted by Gasteiger charge is 2.51. The Morgan fingerprint density at radius 1 is 1.41 bits per heavy atom. The first-order chi connectivity index (χ1) is 8.19.